The van der Waals surface area contributed by atoms with Gasteiger partial charge in [-0.2, -0.15) is 4.39 Å². The van der Waals surface area contributed by atoms with Crippen LogP contribution in [0.1, 0.15) is 24.8 Å². The molecule has 0 bridgehead atoms. The maximum Gasteiger partial charge on any atom is 0.303 e. The first-order valence-corrected chi connectivity index (χ1v) is 4.74. The smallest absolute Gasteiger partial charge is 0.303 e. The number of methoxy groups -OCH3 is 1. The summed E-state index contributed by atoms with van der Waals surface area (Å²) < 4.78 is 18.0. The van der Waals surface area contributed by atoms with Crippen LogP contribution in [-0.4, -0.2) is 23.3 Å². The predicted octanol–water partition coefficient (Wildman–Crippen LogP) is 2.12. The van der Waals surface area contributed by atoms with Crippen molar-refractivity contribution in [3.05, 3.63) is 23.5 Å². The molecule has 88 valence electrons. The lowest BCUT2D eigenvalue weighted by Gasteiger charge is -2.12. The maximum absolute atomic E-state index is 13.2. The van der Waals surface area contributed by atoms with Gasteiger partial charge in [0.25, 0.3) is 0 Å². The normalized spacial score (nSPS) is 12.2. The van der Waals surface area contributed by atoms with Crippen LogP contribution in [0.2, 0.25) is 0 Å². The summed E-state index contributed by atoms with van der Waals surface area (Å²) in [6, 6.07) is 2.61. The molecule has 0 aliphatic rings. The number of hydrogen-bond acceptors (Lipinski definition) is 3. The van der Waals surface area contributed by atoms with Crippen molar-refractivity contribution in [2.45, 2.75) is 19.3 Å². The van der Waals surface area contributed by atoms with E-state index >= 15 is 0 Å². The number of phenols is 1. The molecule has 0 aliphatic heterocycles. The van der Waals surface area contributed by atoms with Gasteiger partial charge in [-0.15, -0.1) is 0 Å². The van der Waals surface area contributed by atoms with Crippen LogP contribution < -0.4 is 4.74 Å². The third kappa shape index (κ3) is 2.62. The van der Waals surface area contributed by atoms with E-state index in [1.54, 1.807) is 6.92 Å². The highest BCUT2D eigenvalue weighted by Crippen LogP contribution is 2.31. The van der Waals surface area contributed by atoms with Crippen molar-refractivity contribution < 1.29 is 24.1 Å². The van der Waals surface area contributed by atoms with Gasteiger partial charge in [-0.1, -0.05) is 6.92 Å². The number of carbonyl (C=O) groups is 1. The number of phenolic OH excluding ortho intramolecular Hbond substituents is 1. The molecule has 0 amide bonds. The first-order chi connectivity index (χ1) is 7.45. The van der Waals surface area contributed by atoms with Crippen molar-refractivity contribution in [3.8, 4) is 11.5 Å². The zero-order valence-electron chi connectivity index (χ0n) is 9.03. The Hall–Kier alpha value is -1.78. The predicted molar refractivity (Wildman–Crippen MR) is 55.3 cm³/mol. The van der Waals surface area contributed by atoms with Gasteiger partial charge >= 0.3 is 5.97 Å². The number of carboxylic acids is 1. The van der Waals surface area contributed by atoms with Crippen molar-refractivity contribution in [1.82, 2.24) is 0 Å². The van der Waals surface area contributed by atoms with Gasteiger partial charge in [0.05, 0.1) is 13.5 Å². The van der Waals surface area contributed by atoms with Crippen LogP contribution in [0.15, 0.2) is 12.1 Å². The van der Waals surface area contributed by atoms with Crippen LogP contribution in [0.4, 0.5) is 4.39 Å². The van der Waals surface area contributed by atoms with Gasteiger partial charge in [-0.25, -0.2) is 0 Å². The zero-order valence-corrected chi connectivity index (χ0v) is 9.03. The van der Waals surface area contributed by atoms with Gasteiger partial charge in [0, 0.05) is 0 Å². The minimum Gasteiger partial charge on any atom is -0.505 e. The number of ether oxygens (including phenoxy) is 1. The van der Waals surface area contributed by atoms with Gasteiger partial charge < -0.3 is 14.9 Å². The number of aliphatic carboxylic acids is 1. The minimum atomic E-state index is -0.949. The molecule has 0 heterocycles. The average Bonchev–Trinajstić information content (AvgIpc) is 2.20. The molecule has 0 fully saturated rings. The van der Waals surface area contributed by atoms with E-state index in [4.69, 9.17) is 9.84 Å². The van der Waals surface area contributed by atoms with Crippen LogP contribution in [0.3, 0.4) is 0 Å². The summed E-state index contributed by atoms with van der Waals surface area (Å²) in [5.41, 5.74) is 0.526. The Morgan fingerprint density at radius 1 is 1.56 bits per heavy atom. The molecular weight excluding hydrogens is 215 g/mol. The van der Waals surface area contributed by atoms with Crippen LogP contribution in [0.25, 0.3) is 0 Å². The highest BCUT2D eigenvalue weighted by molar-refractivity contribution is 5.68. The molecule has 0 radical (unpaired) electrons. The van der Waals surface area contributed by atoms with Gasteiger partial charge in [0.2, 0.25) is 5.82 Å². The van der Waals surface area contributed by atoms with Gasteiger partial charge in [0.1, 0.15) is 0 Å². The Kier molecular flexibility index (Phi) is 3.71. The molecule has 2 N–H and O–H groups in total. The number of rotatable bonds is 4. The third-order valence-corrected chi connectivity index (χ3v) is 2.31. The van der Waals surface area contributed by atoms with Crippen LogP contribution >= 0.6 is 0 Å². The Bertz CT molecular complexity index is 403. The van der Waals surface area contributed by atoms with E-state index in [0.29, 0.717) is 5.56 Å². The molecule has 1 atom stereocenters. The lowest BCUT2D eigenvalue weighted by Crippen LogP contribution is -2.03. The fourth-order valence-electron chi connectivity index (χ4n) is 1.42. The SMILES string of the molecule is COc1cc(C(C)CC(=O)O)cc(O)c1F. The maximum atomic E-state index is 13.2. The van der Waals surface area contributed by atoms with Gasteiger partial charge in [0.15, 0.2) is 11.5 Å². The molecule has 0 aromatic heterocycles. The third-order valence-electron chi connectivity index (χ3n) is 2.31. The summed E-state index contributed by atoms with van der Waals surface area (Å²) in [4.78, 5) is 10.5. The van der Waals surface area contributed by atoms with E-state index in [9.17, 15) is 14.3 Å². The Balaban J connectivity index is 3.05. The monoisotopic (exact) mass is 228 g/mol. The van der Waals surface area contributed by atoms with Crippen molar-refractivity contribution >= 4 is 5.97 Å². The van der Waals surface area contributed by atoms with Crippen LogP contribution in [0.5, 0.6) is 11.5 Å². The largest absolute Gasteiger partial charge is 0.505 e. The Morgan fingerprint density at radius 3 is 2.69 bits per heavy atom. The fourth-order valence-corrected chi connectivity index (χ4v) is 1.42. The second-order valence-electron chi connectivity index (χ2n) is 3.56. The number of halogens is 1. The lowest BCUT2D eigenvalue weighted by molar-refractivity contribution is -0.137. The van der Waals surface area contributed by atoms with Crippen molar-refractivity contribution in [2.75, 3.05) is 7.11 Å². The molecule has 16 heavy (non-hydrogen) atoms. The summed E-state index contributed by atoms with van der Waals surface area (Å²) in [6.07, 6.45) is -0.0891. The second kappa shape index (κ2) is 4.83. The highest BCUT2D eigenvalue weighted by Gasteiger charge is 2.16. The van der Waals surface area contributed by atoms with E-state index < -0.39 is 17.5 Å². The van der Waals surface area contributed by atoms with E-state index in [0.717, 1.165) is 0 Å². The van der Waals surface area contributed by atoms with Crippen molar-refractivity contribution in [1.29, 1.82) is 0 Å². The van der Waals surface area contributed by atoms with Crippen molar-refractivity contribution in [3.63, 3.8) is 0 Å². The van der Waals surface area contributed by atoms with E-state index in [1.807, 2.05) is 0 Å². The highest BCUT2D eigenvalue weighted by atomic mass is 19.1. The first-order valence-electron chi connectivity index (χ1n) is 4.74. The van der Waals surface area contributed by atoms with Gasteiger partial charge in [-0.05, 0) is 23.6 Å². The molecular formula is C11H13FO4. The molecule has 0 aliphatic carbocycles. The molecule has 0 spiro atoms. The Morgan fingerprint density at radius 2 is 2.19 bits per heavy atom. The summed E-state index contributed by atoms with van der Waals surface area (Å²) in [6.45, 7) is 1.68. The minimum absolute atomic E-state index is 0.0891. The van der Waals surface area contributed by atoms with Crippen molar-refractivity contribution in [2.24, 2.45) is 0 Å². The van der Waals surface area contributed by atoms with Crippen LogP contribution in [-0.2, 0) is 4.79 Å². The zero-order chi connectivity index (χ0) is 12.3. The average molecular weight is 228 g/mol. The first kappa shape index (κ1) is 12.3. The molecule has 1 rings (SSSR count). The summed E-state index contributed by atoms with van der Waals surface area (Å²) in [7, 11) is 1.28. The van der Waals surface area contributed by atoms with E-state index in [-0.39, 0.29) is 18.1 Å². The van der Waals surface area contributed by atoms with E-state index in [1.165, 1.54) is 19.2 Å². The molecule has 1 aromatic rings. The number of carboxylic acid groups (broad SMARTS) is 1. The standard InChI is InChI=1S/C11H13FO4/c1-6(3-10(14)15)7-4-8(13)11(12)9(5-7)16-2/h4-6,13H,3H2,1-2H3,(H,14,15). The second-order valence-corrected chi connectivity index (χ2v) is 3.56. The molecule has 0 saturated heterocycles. The summed E-state index contributed by atoms with van der Waals surface area (Å²) in [5.74, 6) is -2.74. The quantitative estimate of drug-likeness (QED) is 0.828. The molecule has 0 saturated carbocycles. The molecule has 4 nitrogen and oxygen atoms in total. The number of benzene rings is 1. The molecule has 1 aromatic carbocycles. The van der Waals surface area contributed by atoms with Gasteiger partial charge in [-0.3, -0.25) is 4.79 Å². The lowest BCUT2D eigenvalue weighted by atomic mass is 9.97. The molecule has 5 heteroatoms. The fraction of sp³-hybridized carbons (Fsp3) is 0.364. The number of aromatic hydroxyl groups is 1. The molecule has 1 unspecified atom stereocenters. The topological polar surface area (TPSA) is 66.8 Å². The van der Waals surface area contributed by atoms with Crippen LogP contribution in [0, 0.1) is 5.82 Å². The Labute approximate surface area is 92.3 Å². The number of hydrogen-bond donors (Lipinski definition) is 2. The summed E-state index contributed by atoms with van der Waals surface area (Å²) in [5, 5.41) is 17.9. The van der Waals surface area contributed by atoms with E-state index in [2.05, 4.69) is 0 Å². The summed E-state index contributed by atoms with van der Waals surface area (Å²) >= 11 is 0.